The topological polar surface area (TPSA) is 85.9 Å². The number of hydrogen-bond acceptors (Lipinski definition) is 5. The Morgan fingerprint density at radius 3 is 1.97 bits per heavy atom. The highest BCUT2D eigenvalue weighted by molar-refractivity contribution is 6.30. The summed E-state index contributed by atoms with van der Waals surface area (Å²) in [6.07, 6.45) is 0. The van der Waals surface area contributed by atoms with Crippen LogP contribution in [0.15, 0.2) is 60.7 Å². The molecule has 0 heterocycles. The molecule has 0 aliphatic carbocycles. The lowest BCUT2D eigenvalue weighted by Crippen LogP contribution is -2.18. The number of para-hydroxylation sites is 1. The van der Waals surface area contributed by atoms with Gasteiger partial charge < -0.3 is 24.8 Å². The van der Waals surface area contributed by atoms with Crippen molar-refractivity contribution in [3.63, 3.8) is 0 Å². The van der Waals surface area contributed by atoms with Crippen molar-refractivity contribution >= 4 is 34.8 Å². The summed E-state index contributed by atoms with van der Waals surface area (Å²) in [6.45, 7) is 0. The maximum absolute atomic E-state index is 12.9. The van der Waals surface area contributed by atoms with E-state index in [-0.39, 0.29) is 11.5 Å². The van der Waals surface area contributed by atoms with Crippen LogP contribution < -0.4 is 24.8 Å². The van der Waals surface area contributed by atoms with E-state index >= 15 is 0 Å². The Bertz CT molecular complexity index is 1070. The molecule has 3 rings (SSSR count). The highest BCUT2D eigenvalue weighted by Crippen LogP contribution is 2.38. The molecule has 2 N–H and O–H groups in total. The average Bonchev–Trinajstić information content (AvgIpc) is 2.79. The minimum absolute atomic E-state index is 0.280. The van der Waals surface area contributed by atoms with Crippen LogP contribution in [0.25, 0.3) is 0 Å². The molecule has 3 aromatic rings. The van der Waals surface area contributed by atoms with Crippen molar-refractivity contribution in [3.8, 4) is 17.2 Å². The summed E-state index contributed by atoms with van der Waals surface area (Å²) < 4.78 is 15.9. The third-order valence-corrected chi connectivity index (χ3v) is 4.70. The van der Waals surface area contributed by atoms with Crippen molar-refractivity contribution in [1.82, 2.24) is 0 Å². The van der Waals surface area contributed by atoms with Gasteiger partial charge in [0, 0.05) is 16.3 Å². The summed E-state index contributed by atoms with van der Waals surface area (Å²) in [5, 5.41) is 6.12. The Morgan fingerprint density at radius 2 is 1.39 bits per heavy atom. The van der Waals surface area contributed by atoms with Gasteiger partial charge in [-0.3, -0.25) is 9.59 Å². The number of rotatable bonds is 7. The molecular formula is C23H21ClN2O5. The van der Waals surface area contributed by atoms with Gasteiger partial charge in [-0.25, -0.2) is 0 Å². The van der Waals surface area contributed by atoms with Gasteiger partial charge in [0.2, 0.25) is 5.75 Å². The van der Waals surface area contributed by atoms with Gasteiger partial charge in [-0.15, -0.1) is 0 Å². The first kappa shape index (κ1) is 22.0. The van der Waals surface area contributed by atoms with Crippen LogP contribution in [0.1, 0.15) is 20.7 Å². The first-order valence-electron chi connectivity index (χ1n) is 9.24. The zero-order chi connectivity index (χ0) is 22.4. The quantitative estimate of drug-likeness (QED) is 0.547. The van der Waals surface area contributed by atoms with E-state index in [0.29, 0.717) is 39.2 Å². The normalized spacial score (nSPS) is 10.2. The van der Waals surface area contributed by atoms with Crippen molar-refractivity contribution in [2.24, 2.45) is 0 Å². The van der Waals surface area contributed by atoms with Crippen LogP contribution in [-0.4, -0.2) is 33.1 Å². The lowest BCUT2D eigenvalue weighted by atomic mass is 10.1. The van der Waals surface area contributed by atoms with E-state index in [4.69, 9.17) is 25.8 Å². The van der Waals surface area contributed by atoms with Crippen LogP contribution in [0, 0.1) is 0 Å². The smallest absolute Gasteiger partial charge is 0.257 e. The van der Waals surface area contributed by atoms with Crippen LogP contribution in [0.2, 0.25) is 5.02 Å². The minimum Gasteiger partial charge on any atom is -0.493 e. The molecule has 0 aromatic heterocycles. The number of nitrogens with one attached hydrogen (secondary N) is 2. The molecule has 0 fully saturated rings. The molecule has 3 aromatic carbocycles. The largest absolute Gasteiger partial charge is 0.493 e. The van der Waals surface area contributed by atoms with Crippen LogP contribution in [0.3, 0.4) is 0 Å². The molecule has 0 bridgehead atoms. The van der Waals surface area contributed by atoms with Crippen LogP contribution in [0.4, 0.5) is 11.4 Å². The predicted molar refractivity (Wildman–Crippen MR) is 120 cm³/mol. The van der Waals surface area contributed by atoms with Gasteiger partial charge >= 0.3 is 0 Å². The molecule has 0 aliphatic heterocycles. The van der Waals surface area contributed by atoms with Gasteiger partial charge in [-0.2, -0.15) is 0 Å². The number of carbonyl (C=O) groups excluding carboxylic acids is 2. The first-order chi connectivity index (χ1) is 15.0. The van der Waals surface area contributed by atoms with Crippen molar-refractivity contribution in [1.29, 1.82) is 0 Å². The van der Waals surface area contributed by atoms with E-state index in [9.17, 15) is 9.59 Å². The Labute approximate surface area is 184 Å². The van der Waals surface area contributed by atoms with Crippen LogP contribution in [0.5, 0.6) is 17.2 Å². The van der Waals surface area contributed by atoms with Crippen molar-refractivity contribution < 1.29 is 23.8 Å². The second-order valence-corrected chi connectivity index (χ2v) is 6.81. The summed E-state index contributed by atoms with van der Waals surface area (Å²) in [5.41, 5.74) is 1.52. The monoisotopic (exact) mass is 440 g/mol. The van der Waals surface area contributed by atoms with Crippen molar-refractivity contribution in [2.45, 2.75) is 0 Å². The van der Waals surface area contributed by atoms with Gasteiger partial charge in [-0.1, -0.05) is 23.7 Å². The number of hydrogen-bond donors (Lipinski definition) is 2. The molecule has 0 saturated heterocycles. The fourth-order valence-electron chi connectivity index (χ4n) is 2.93. The zero-order valence-corrected chi connectivity index (χ0v) is 17.9. The molecule has 8 heteroatoms. The first-order valence-corrected chi connectivity index (χ1v) is 9.62. The Morgan fingerprint density at radius 1 is 0.774 bits per heavy atom. The Balaban J connectivity index is 1.86. The van der Waals surface area contributed by atoms with E-state index < -0.39 is 5.91 Å². The molecule has 31 heavy (non-hydrogen) atoms. The molecule has 2 amide bonds. The van der Waals surface area contributed by atoms with E-state index in [1.165, 1.54) is 33.5 Å². The van der Waals surface area contributed by atoms with Gasteiger partial charge in [0.25, 0.3) is 11.8 Å². The lowest BCUT2D eigenvalue weighted by molar-refractivity contribution is 0.102. The highest BCUT2D eigenvalue weighted by atomic mass is 35.5. The Hall–Kier alpha value is -3.71. The minimum atomic E-state index is -0.439. The average molecular weight is 441 g/mol. The van der Waals surface area contributed by atoms with Crippen molar-refractivity contribution in [3.05, 3.63) is 76.8 Å². The van der Waals surface area contributed by atoms with Gasteiger partial charge in [-0.05, 0) is 48.5 Å². The summed E-state index contributed by atoms with van der Waals surface area (Å²) in [4.78, 5) is 25.7. The molecular weight excluding hydrogens is 420 g/mol. The van der Waals surface area contributed by atoms with Gasteiger partial charge in [0.15, 0.2) is 11.5 Å². The van der Waals surface area contributed by atoms with Crippen molar-refractivity contribution in [2.75, 3.05) is 32.0 Å². The number of methoxy groups -OCH3 is 3. The molecule has 0 radical (unpaired) electrons. The van der Waals surface area contributed by atoms with Gasteiger partial charge in [0.1, 0.15) is 0 Å². The van der Waals surface area contributed by atoms with E-state index in [1.807, 2.05) is 0 Å². The molecule has 0 saturated carbocycles. The highest BCUT2D eigenvalue weighted by Gasteiger charge is 2.19. The molecule has 7 nitrogen and oxygen atoms in total. The fourth-order valence-corrected chi connectivity index (χ4v) is 3.05. The maximum Gasteiger partial charge on any atom is 0.257 e. The summed E-state index contributed by atoms with van der Waals surface area (Å²) >= 11 is 5.88. The number of carbonyl (C=O) groups is 2. The SMILES string of the molecule is COc1cc(C(=O)Nc2ccccc2C(=O)Nc2ccc(Cl)cc2)cc(OC)c1OC. The van der Waals surface area contributed by atoms with E-state index in [2.05, 4.69) is 10.6 Å². The molecule has 160 valence electrons. The Kier molecular flexibility index (Phi) is 6.99. The standard InChI is InChI=1S/C23H21ClN2O5/c1-29-19-12-14(13-20(30-2)21(19)31-3)22(27)26-18-7-5-4-6-17(18)23(28)25-16-10-8-15(24)9-11-16/h4-13H,1-3H3,(H,25,28)(H,26,27). The van der Waals surface area contributed by atoms with Crippen LogP contribution in [-0.2, 0) is 0 Å². The number of halogens is 1. The van der Waals surface area contributed by atoms with Crippen LogP contribution >= 0.6 is 11.6 Å². The van der Waals surface area contributed by atoms with Gasteiger partial charge in [0.05, 0.1) is 32.6 Å². The molecule has 0 unspecified atom stereocenters. The second kappa shape index (κ2) is 9.86. The third kappa shape index (κ3) is 5.07. The molecule has 0 atom stereocenters. The van der Waals surface area contributed by atoms with E-state index in [1.54, 1.807) is 48.5 Å². The zero-order valence-electron chi connectivity index (χ0n) is 17.2. The second-order valence-electron chi connectivity index (χ2n) is 6.37. The third-order valence-electron chi connectivity index (χ3n) is 4.45. The number of benzene rings is 3. The fraction of sp³-hybridized carbons (Fsp3) is 0.130. The molecule has 0 aliphatic rings. The molecule has 0 spiro atoms. The summed E-state index contributed by atoms with van der Waals surface area (Å²) in [7, 11) is 4.42. The predicted octanol–water partition coefficient (Wildman–Crippen LogP) is 4.87. The van der Waals surface area contributed by atoms with E-state index in [0.717, 1.165) is 0 Å². The summed E-state index contributed by atoms with van der Waals surface area (Å²) in [6, 6.07) is 16.5. The number of amides is 2. The maximum atomic E-state index is 12.9. The lowest BCUT2D eigenvalue weighted by Gasteiger charge is -2.15. The summed E-state index contributed by atoms with van der Waals surface area (Å²) in [5.74, 6) is 0.264. The number of ether oxygens (including phenoxy) is 3. The number of anilines is 2.